The number of carbonyl (C=O) groups excluding carboxylic acids is 6. The van der Waals surface area contributed by atoms with Gasteiger partial charge in [-0.15, -0.1) is 0 Å². The van der Waals surface area contributed by atoms with Crippen LogP contribution in [0.25, 0.3) is 0 Å². The number of likely N-dealkylation sites (tertiary alicyclic amines) is 6. The van der Waals surface area contributed by atoms with Crippen molar-refractivity contribution < 1.29 is 28.8 Å². The Hall–Kier alpha value is -3.18. The minimum absolute atomic E-state index is 0.172. The second-order valence-corrected chi connectivity index (χ2v) is 21.5. The highest BCUT2D eigenvalue weighted by atomic mass is 16.2. The van der Waals surface area contributed by atoms with Crippen LogP contribution in [0.4, 0.5) is 0 Å². The van der Waals surface area contributed by atoms with Crippen LogP contribution < -0.4 is 0 Å². The first-order valence-corrected chi connectivity index (χ1v) is 24.9. The molecule has 10 atom stereocenters. The molecule has 4 aliphatic carbocycles. The fourth-order valence-electron chi connectivity index (χ4n) is 15.5. The van der Waals surface area contributed by atoms with Gasteiger partial charge in [-0.3, -0.25) is 28.8 Å². The fraction of sp³-hybridized carbons (Fsp3) is 0.875. The predicted molar refractivity (Wildman–Crippen MR) is 225 cm³/mol. The maximum absolute atomic E-state index is 13.5. The minimum Gasteiger partial charge on any atom is -0.340 e. The molecule has 10 unspecified atom stereocenters. The van der Waals surface area contributed by atoms with Crippen LogP contribution in [0.1, 0.15) is 154 Å². The maximum Gasteiger partial charge on any atom is 0.222 e. The molecule has 12 heteroatoms. The zero-order valence-electron chi connectivity index (χ0n) is 36.3. The largest absolute Gasteiger partial charge is 0.340 e. The highest BCUT2D eigenvalue weighted by Crippen LogP contribution is 2.52. The smallest absolute Gasteiger partial charge is 0.222 e. The summed E-state index contributed by atoms with van der Waals surface area (Å²) < 4.78 is 0. The lowest BCUT2D eigenvalue weighted by atomic mass is 9.59. The monoisotopic (exact) mass is 829 g/mol. The first kappa shape index (κ1) is 40.9. The molecule has 6 heterocycles. The third kappa shape index (κ3) is 8.01. The molecule has 12 nitrogen and oxygen atoms in total. The average Bonchev–Trinajstić information content (AvgIpc) is 4.13. The van der Waals surface area contributed by atoms with E-state index in [-0.39, 0.29) is 59.9 Å². The standard InChI is InChI=1S/C48H72N6O6/c55-43-7-1-13-49(43)37-21-31(19-33(23-37)35-25-39(51-15-3-9-45(51)57)29-40(26-35)52-16-4-10-46(52)58)32-20-34(24-38(22-32)50-14-2-8-44(50)56)36-27-41(53-17-5-11-47(53)59)30-42(28-36)54-18-6-12-48(54)60/h31-42H,1-30H2. The molecule has 0 radical (unpaired) electrons. The van der Waals surface area contributed by atoms with Crippen molar-refractivity contribution in [2.24, 2.45) is 35.5 Å². The lowest BCUT2D eigenvalue weighted by Gasteiger charge is -2.52. The Kier molecular flexibility index (Phi) is 11.7. The molecule has 0 N–H and O–H groups in total. The number of hydrogen-bond acceptors (Lipinski definition) is 6. The zero-order chi connectivity index (χ0) is 41.1. The van der Waals surface area contributed by atoms with Gasteiger partial charge in [-0.05, 0) is 151 Å². The molecular formula is C48H72N6O6. The van der Waals surface area contributed by atoms with E-state index in [9.17, 15) is 28.8 Å². The lowest BCUT2D eigenvalue weighted by Crippen LogP contribution is -2.53. The summed E-state index contributed by atoms with van der Waals surface area (Å²) in [6.45, 7) is 5.01. The van der Waals surface area contributed by atoms with E-state index in [1.165, 1.54) is 0 Å². The van der Waals surface area contributed by atoms with Gasteiger partial charge in [0.25, 0.3) is 0 Å². The van der Waals surface area contributed by atoms with Gasteiger partial charge in [0.2, 0.25) is 35.4 Å². The van der Waals surface area contributed by atoms with E-state index in [1.807, 2.05) is 0 Å². The second kappa shape index (κ2) is 17.2. The SMILES string of the molecule is O=C1CCCN1C1CC(C2CC(C3CC(N4CCCC4=O)CC(N4CCCC4=O)C3)CC(N3CCCC3=O)C2)CC(C2CC(N3CCCC3=O)CC(N3CCCC3=O)C2)C1. The molecule has 10 aliphatic rings. The van der Waals surface area contributed by atoms with Crippen molar-refractivity contribution >= 4 is 35.4 Å². The van der Waals surface area contributed by atoms with Crippen LogP contribution in [-0.4, -0.2) is 140 Å². The van der Waals surface area contributed by atoms with Gasteiger partial charge in [0.15, 0.2) is 0 Å². The van der Waals surface area contributed by atoms with Crippen molar-refractivity contribution in [1.82, 2.24) is 29.4 Å². The molecule has 4 saturated carbocycles. The van der Waals surface area contributed by atoms with Gasteiger partial charge in [-0.2, -0.15) is 0 Å². The number of rotatable bonds is 9. The average molecular weight is 829 g/mol. The van der Waals surface area contributed by atoms with Crippen LogP contribution in [0.5, 0.6) is 0 Å². The number of amides is 6. The Labute approximate surface area is 357 Å². The van der Waals surface area contributed by atoms with Gasteiger partial charge in [0.05, 0.1) is 0 Å². The summed E-state index contributed by atoms with van der Waals surface area (Å²) in [5, 5.41) is 0. The van der Waals surface area contributed by atoms with Crippen LogP contribution in [0.2, 0.25) is 0 Å². The molecule has 0 aromatic carbocycles. The van der Waals surface area contributed by atoms with Gasteiger partial charge in [-0.1, -0.05) is 0 Å². The quantitative estimate of drug-likeness (QED) is 0.309. The van der Waals surface area contributed by atoms with E-state index in [0.717, 1.165) is 155 Å². The third-order valence-electron chi connectivity index (χ3n) is 18.2. The summed E-state index contributed by atoms with van der Waals surface area (Å²) in [4.78, 5) is 93.2. The normalized spacial score (nSPS) is 41.0. The van der Waals surface area contributed by atoms with Crippen molar-refractivity contribution in [3.8, 4) is 0 Å². The molecule has 0 bridgehead atoms. The Morgan fingerprint density at radius 2 is 0.400 bits per heavy atom. The molecule has 0 aromatic rings. The van der Waals surface area contributed by atoms with Gasteiger partial charge < -0.3 is 29.4 Å². The molecular weight excluding hydrogens is 757 g/mol. The van der Waals surface area contributed by atoms with E-state index in [0.29, 0.717) is 85.8 Å². The topological polar surface area (TPSA) is 122 Å². The molecule has 6 saturated heterocycles. The Morgan fingerprint density at radius 1 is 0.233 bits per heavy atom. The second-order valence-electron chi connectivity index (χ2n) is 21.5. The zero-order valence-corrected chi connectivity index (χ0v) is 36.3. The summed E-state index contributed by atoms with van der Waals surface area (Å²) in [5.41, 5.74) is 0. The van der Waals surface area contributed by atoms with E-state index in [1.54, 1.807) is 0 Å². The highest BCUT2D eigenvalue weighted by molar-refractivity contribution is 5.81. The molecule has 0 spiro atoms. The molecule has 0 aromatic heterocycles. The Balaban J connectivity index is 0.948. The molecule has 330 valence electrons. The minimum atomic E-state index is 0.172. The van der Waals surface area contributed by atoms with Gasteiger partial charge in [0, 0.05) is 114 Å². The first-order chi connectivity index (χ1) is 29.2. The van der Waals surface area contributed by atoms with E-state index in [2.05, 4.69) is 29.4 Å². The first-order valence-electron chi connectivity index (χ1n) is 24.9. The summed E-state index contributed by atoms with van der Waals surface area (Å²) >= 11 is 0. The highest BCUT2D eigenvalue weighted by Gasteiger charge is 2.50. The Bertz CT molecular complexity index is 1500. The molecule has 60 heavy (non-hydrogen) atoms. The van der Waals surface area contributed by atoms with E-state index >= 15 is 0 Å². The van der Waals surface area contributed by atoms with Crippen LogP contribution in [-0.2, 0) is 28.8 Å². The van der Waals surface area contributed by atoms with Crippen molar-refractivity contribution in [3.63, 3.8) is 0 Å². The van der Waals surface area contributed by atoms with Crippen molar-refractivity contribution in [2.75, 3.05) is 39.3 Å². The van der Waals surface area contributed by atoms with Crippen LogP contribution in [0.15, 0.2) is 0 Å². The van der Waals surface area contributed by atoms with Crippen molar-refractivity contribution in [2.45, 2.75) is 190 Å². The van der Waals surface area contributed by atoms with Gasteiger partial charge >= 0.3 is 0 Å². The summed E-state index contributed by atoms with van der Waals surface area (Å²) in [5.74, 6) is 4.21. The predicted octanol–water partition coefficient (Wildman–Crippen LogP) is 5.37. The fourth-order valence-corrected chi connectivity index (χ4v) is 15.5. The molecule has 10 fully saturated rings. The van der Waals surface area contributed by atoms with Crippen LogP contribution in [0.3, 0.4) is 0 Å². The summed E-state index contributed by atoms with van der Waals surface area (Å²) in [7, 11) is 0. The van der Waals surface area contributed by atoms with Crippen molar-refractivity contribution in [3.05, 3.63) is 0 Å². The number of carbonyl (C=O) groups is 6. The molecule has 10 rings (SSSR count). The van der Waals surface area contributed by atoms with Crippen LogP contribution >= 0.6 is 0 Å². The number of hydrogen-bond donors (Lipinski definition) is 0. The summed E-state index contributed by atoms with van der Waals surface area (Å²) in [6, 6.07) is 1.11. The molecule has 6 amide bonds. The number of nitrogens with zero attached hydrogens (tertiary/aromatic N) is 6. The third-order valence-corrected chi connectivity index (χ3v) is 18.2. The van der Waals surface area contributed by atoms with E-state index in [4.69, 9.17) is 0 Å². The maximum atomic E-state index is 13.5. The van der Waals surface area contributed by atoms with Crippen LogP contribution in [0, 0.1) is 35.5 Å². The molecule has 6 aliphatic heterocycles. The van der Waals surface area contributed by atoms with E-state index < -0.39 is 0 Å². The van der Waals surface area contributed by atoms with Crippen molar-refractivity contribution in [1.29, 1.82) is 0 Å². The Morgan fingerprint density at radius 3 is 0.567 bits per heavy atom. The summed E-state index contributed by atoms with van der Waals surface area (Å²) in [6.07, 6.45) is 21.4. The lowest BCUT2D eigenvalue weighted by molar-refractivity contribution is -0.137. The van der Waals surface area contributed by atoms with Gasteiger partial charge in [0.1, 0.15) is 0 Å². The van der Waals surface area contributed by atoms with Gasteiger partial charge in [-0.25, -0.2) is 0 Å².